The lowest BCUT2D eigenvalue weighted by Gasteiger charge is -2.39. The molecule has 1 fully saturated rings. The van der Waals surface area contributed by atoms with Gasteiger partial charge in [0, 0.05) is 30.7 Å². The van der Waals surface area contributed by atoms with E-state index in [9.17, 15) is 13.2 Å². The minimum Gasteiger partial charge on any atom is -0.484 e. The Morgan fingerprint density at radius 1 is 1.07 bits per heavy atom. The number of amides is 1. The van der Waals surface area contributed by atoms with Crippen LogP contribution in [0.5, 0.6) is 5.75 Å². The number of fused-ring (bicyclic) bond motifs is 1. The third-order valence-electron chi connectivity index (χ3n) is 8.07. The number of alkyl carbamates (subject to hydrolysis) is 1. The molecule has 0 spiro atoms. The van der Waals surface area contributed by atoms with Crippen LogP contribution in [0.15, 0.2) is 35.2 Å². The molecule has 0 unspecified atom stereocenters. The van der Waals surface area contributed by atoms with Crippen LogP contribution >= 0.6 is 11.6 Å². The van der Waals surface area contributed by atoms with Gasteiger partial charge in [-0.1, -0.05) is 11.6 Å². The maximum Gasteiger partial charge on any atom is 0.407 e. The summed E-state index contributed by atoms with van der Waals surface area (Å²) < 4.78 is 51.5. The number of ether oxygens (including phenoxy) is 4. The first-order valence-electron chi connectivity index (χ1n) is 15.9. The number of nitrogens with two attached hydrogens (primary N) is 1. The van der Waals surface area contributed by atoms with Crippen LogP contribution in [0, 0.1) is 13.8 Å². The maximum absolute atomic E-state index is 13.0. The van der Waals surface area contributed by atoms with Crippen molar-refractivity contribution in [1.29, 1.82) is 0 Å². The van der Waals surface area contributed by atoms with Gasteiger partial charge in [-0.3, -0.25) is 4.90 Å². The lowest BCUT2D eigenvalue weighted by atomic mass is 10.0. The van der Waals surface area contributed by atoms with Gasteiger partial charge in [-0.2, -0.15) is 0 Å². The molecule has 46 heavy (non-hydrogen) atoms. The van der Waals surface area contributed by atoms with Crippen LogP contribution in [0.2, 0.25) is 5.02 Å². The summed E-state index contributed by atoms with van der Waals surface area (Å²) in [4.78, 5) is 15.1. The molecule has 1 aliphatic carbocycles. The molecule has 1 amide bonds. The van der Waals surface area contributed by atoms with Gasteiger partial charge in [0.1, 0.15) is 17.5 Å². The average molecular weight is 681 g/mol. The normalized spacial score (nSPS) is 20.4. The molecule has 4 N–H and O–H groups in total. The highest BCUT2D eigenvalue weighted by Gasteiger charge is 2.41. The van der Waals surface area contributed by atoms with Crippen molar-refractivity contribution in [3.05, 3.63) is 57.6 Å². The van der Waals surface area contributed by atoms with Gasteiger partial charge in [-0.25, -0.2) is 17.9 Å². The van der Waals surface area contributed by atoms with Crippen LogP contribution < -0.4 is 20.5 Å². The molecular formula is C33H49ClN4O7S. The Morgan fingerprint density at radius 2 is 1.80 bits per heavy atom. The van der Waals surface area contributed by atoms with Crippen molar-refractivity contribution in [2.45, 2.75) is 82.6 Å². The number of benzene rings is 2. The standard InChI is InChI=1S/C33H49ClN4O7S/c1-22-17-24(34)19-28-27(22)20-29(38-12-6-7-25(21-38)37-32(39)45-33(3,4)5)31(28)44-30-9-8-26(18-23(30)2)46(40,41)36-11-14-43-16-15-42-13-10-35/h8-9,17-19,25,29,31,36H,6-7,10-16,20-21,35H2,1-5H3,(H,37,39)/t25-,29+,31+/m1/s1. The van der Waals surface area contributed by atoms with E-state index in [1.807, 2.05) is 39.8 Å². The zero-order valence-electron chi connectivity index (χ0n) is 27.6. The summed E-state index contributed by atoms with van der Waals surface area (Å²) in [6, 6.07) is 8.79. The lowest BCUT2D eigenvalue weighted by molar-refractivity contribution is 0.0360. The van der Waals surface area contributed by atoms with Crippen LogP contribution in [0.25, 0.3) is 0 Å². The maximum atomic E-state index is 13.0. The van der Waals surface area contributed by atoms with Gasteiger partial charge < -0.3 is 30.0 Å². The Bertz CT molecular complexity index is 1450. The summed E-state index contributed by atoms with van der Waals surface area (Å²) in [7, 11) is -3.75. The van der Waals surface area contributed by atoms with Crippen molar-refractivity contribution >= 4 is 27.7 Å². The van der Waals surface area contributed by atoms with Gasteiger partial charge in [0.25, 0.3) is 0 Å². The monoisotopic (exact) mass is 680 g/mol. The molecular weight excluding hydrogens is 632 g/mol. The molecule has 13 heteroatoms. The molecule has 2 aliphatic rings. The number of nitrogens with one attached hydrogen (secondary N) is 2. The largest absolute Gasteiger partial charge is 0.484 e. The van der Waals surface area contributed by atoms with Crippen LogP contribution in [-0.2, 0) is 30.7 Å². The number of piperidine rings is 1. The number of carbonyl (C=O) groups is 1. The Hall–Kier alpha value is -2.45. The van der Waals surface area contributed by atoms with Crippen LogP contribution in [-0.4, -0.2) is 89.7 Å². The summed E-state index contributed by atoms with van der Waals surface area (Å²) in [6.45, 7) is 13.0. The van der Waals surface area contributed by atoms with E-state index in [1.165, 1.54) is 5.56 Å². The predicted molar refractivity (Wildman–Crippen MR) is 178 cm³/mol. The first kappa shape index (κ1) is 36.4. The van der Waals surface area contributed by atoms with Crippen LogP contribution in [0.1, 0.15) is 62.0 Å². The van der Waals surface area contributed by atoms with Gasteiger partial charge in [0.2, 0.25) is 10.0 Å². The van der Waals surface area contributed by atoms with E-state index in [0.717, 1.165) is 36.9 Å². The van der Waals surface area contributed by atoms with Crippen molar-refractivity contribution in [3.63, 3.8) is 0 Å². The van der Waals surface area contributed by atoms with E-state index < -0.39 is 21.7 Å². The second-order valence-corrected chi connectivity index (χ2v) is 15.1. The molecule has 0 saturated carbocycles. The third-order valence-corrected chi connectivity index (χ3v) is 9.74. The minimum atomic E-state index is -3.75. The average Bonchev–Trinajstić information content (AvgIpc) is 3.33. The van der Waals surface area contributed by atoms with Crippen molar-refractivity contribution in [2.24, 2.45) is 5.73 Å². The zero-order valence-corrected chi connectivity index (χ0v) is 29.1. The molecule has 1 heterocycles. The molecule has 4 rings (SSSR count). The molecule has 0 bridgehead atoms. The molecule has 0 aromatic heterocycles. The van der Waals surface area contributed by atoms with Gasteiger partial charge in [-0.15, -0.1) is 0 Å². The zero-order chi connectivity index (χ0) is 33.5. The van der Waals surface area contributed by atoms with Crippen molar-refractivity contribution in [3.8, 4) is 5.75 Å². The quantitative estimate of drug-likeness (QED) is 0.250. The number of likely N-dealkylation sites (tertiary alicyclic amines) is 1. The molecule has 0 radical (unpaired) electrons. The minimum absolute atomic E-state index is 0.000542. The van der Waals surface area contributed by atoms with E-state index in [2.05, 4.69) is 21.9 Å². The molecule has 11 nitrogen and oxygen atoms in total. The SMILES string of the molecule is Cc1cc(S(=O)(=O)NCCOCCOCCN)ccc1O[C@H]1c2cc(Cl)cc(C)c2C[C@@H]1N1CCC[C@@H](NC(=O)OC(C)(C)C)C1. The van der Waals surface area contributed by atoms with Crippen molar-refractivity contribution in [1.82, 2.24) is 14.9 Å². The van der Waals surface area contributed by atoms with Gasteiger partial charge >= 0.3 is 6.09 Å². The van der Waals surface area contributed by atoms with E-state index in [4.69, 9.17) is 36.3 Å². The van der Waals surface area contributed by atoms with E-state index in [1.54, 1.807) is 18.2 Å². The van der Waals surface area contributed by atoms with E-state index in [-0.39, 0.29) is 36.2 Å². The number of hydrogen-bond acceptors (Lipinski definition) is 9. The molecule has 1 aliphatic heterocycles. The number of sulfonamides is 1. The molecule has 3 atom stereocenters. The fourth-order valence-corrected chi connectivity index (χ4v) is 7.39. The Kier molecular flexibility index (Phi) is 12.7. The number of hydrogen-bond donors (Lipinski definition) is 3. The molecule has 2 aromatic carbocycles. The Balaban J connectivity index is 1.46. The number of halogens is 1. The number of aryl methyl sites for hydroxylation is 2. The van der Waals surface area contributed by atoms with Crippen molar-refractivity contribution in [2.75, 3.05) is 52.6 Å². The third kappa shape index (κ3) is 10.0. The highest BCUT2D eigenvalue weighted by atomic mass is 35.5. The van der Waals surface area contributed by atoms with Gasteiger partial charge in [-0.05, 0) is 113 Å². The van der Waals surface area contributed by atoms with Gasteiger partial charge in [0.05, 0.1) is 37.4 Å². The summed E-state index contributed by atoms with van der Waals surface area (Å²) in [5.41, 5.74) is 8.85. The van der Waals surface area contributed by atoms with Crippen LogP contribution in [0.4, 0.5) is 4.79 Å². The Morgan fingerprint density at radius 3 is 2.50 bits per heavy atom. The predicted octanol–water partition coefficient (Wildman–Crippen LogP) is 4.26. The topological polar surface area (TPSA) is 141 Å². The summed E-state index contributed by atoms with van der Waals surface area (Å²) >= 11 is 6.53. The highest BCUT2D eigenvalue weighted by Crippen LogP contribution is 2.42. The summed E-state index contributed by atoms with van der Waals surface area (Å²) in [5, 5.41) is 3.69. The number of carbonyl (C=O) groups excluding carboxylic acids is 1. The first-order chi connectivity index (χ1) is 21.8. The molecule has 256 valence electrons. The number of rotatable bonds is 14. The second-order valence-electron chi connectivity index (χ2n) is 12.9. The summed E-state index contributed by atoms with van der Waals surface area (Å²) in [6.07, 6.45) is 1.82. The number of nitrogens with zero attached hydrogens (tertiary/aromatic N) is 1. The van der Waals surface area contributed by atoms with Gasteiger partial charge in [0.15, 0.2) is 0 Å². The smallest absolute Gasteiger partial charge is 0.407 e. The molecule has 2 aromatic rings. The van der Waals surface area contributed by atoms with Crippen LogP contribution in [0.3, 0.4) is 0 Å². The van der Waals surface area contributed by atoms with E-state index >= 15 is 0 Å². The van der Waals surface area contributed by atoms with Crippen molar-refractivity contribution < 1.29 is 32.2 Å². The highest BCUT2D eigenvalue weighted by molar-refractivity contribution is 7.89. The summed E-state index contributed by atoms with van der Waals surface area (Å²) in [5.74, 6) is 0.598. The Labute approximate surface area is 278 Å². The first-order valence-corrected chi connectivity index (χ1v) is 17.8. The fraction of sp³-hybridized carbons (Fsp3) is 0.606. The second kappa shape index (κ2) is 16.1. The fourth-order valence-electron chi connectivity index (χ4n) is 6.01. The van der Waals surface area contributed by atoms with E-state index in [0.29, 0.717) is 49.2 Å². The lowest BCUT2D eigenvalue weighted by Crippen LogP contribution is -2.53. The molecule has 1 saturated heterocycles.